The first-order valence-electron chi connectivity index (χ1n) is 12.4. The van der Waals surface area contributed by atoms with E-state index >= 15 is 0 Å². The molecule has 4 aromatic rings. The molecule has 1 fully saturated rings. The molecule has 0 N–H and O–H groups in total. The first-order chi connectivity index (χ1) is 18.5. The van der Waals surface area contributed by atoms with Gasteiger partial charge in [0.05, 0.1) is 12.0 Å². The molecular weight excluding hydrogens is 506 g/mol. The summed E-state index contributed by atoms with van der Waals surface area (Å²) in [6, 6.07) is 22.0. The highest BCUT2D eigenvalue weighted by Gasteiger charge is 2.34. The van der Waals surface area contributed by atoms with E-state index in [1.165, 1.54) is 12.1 Å². The Morgan fingerprint density at radius 3 is 2.32 bits per heavy atom. The van der Waals surface area contributed by atoms with Crippen LogP contribution in [-0.2, 0) is 9.84 Å². The van der Waals surface area contributed by atoms with E-state index in [9.17, 15) is 8.42 Å². The molecule has 0 radical (unpaired) electrons. The molecule has 3 heterocycles. The molecule has 0 unspecified atom stereocenters. The van der Waals surface area contributed by atoms with Crippen LogP contribution >= 0.6 is 0 Å². The molecule has 2 aliphatic heterocycles. The van der Waals surface area contributed by atoms with Crippen molar-refractivity contribution in [1.29, 1.82) is 0 Å². The summed E-state index contributed by atoms with van der Waals surface area (Å²) >= 11 is 0. The second-order valence-electron chi connectivity index (χ2n) is 8.98. The first-order valence-corrected chi connectivity index (χ1v) is 13.9. The number of hydrogen-bond donors (Lipinski definition) is 0. The van der Waals surface area contributed by atoms with Gasteiger partial charge in [-0.3, -0.25) is 0 Å². The number of fused-ring (bicyclic) bond motifs is 1. The third kappa shape index (κ3) is 4.51. The molecule has 6 rings (SSSR count). The molecule has 9 nitrogen and oxygen atoms in total. The molecule has 0 atom stereocenters. The zero-order valence-corrected chi connectivity index (χ0v) is 21.7. The number of para-hydroxylation sites is 1. The van der Waals surface area contributed by atoms with Crippen LogP contribution in [-0.4, -0.2) is 59.9 Å². The highest BCUT2D eigenvalue weighted by Crippen LogP contribution is 2.39. The molecule has 0 amide bonds. The quantitative estimate of drug-likeness (QED) is 0.360. The summed E-state index contributed by atoms with van der Waals surface area (Å²) in [7, 11) is -2.47. The van der Waals surface area contributed by atoms with Crippen molar-refractivity contribution in [2.75, 3.05) is 56.3 Å². The summed E-state index contributed by atoms with van der Waals surface area (Å²) in [5.41, 5.74) is 1.75. The van der Waals surface area contributed by atoms with Crippen LogP contribution < -0.4 is 24.0 Å². The van der Waals surface area contributed by atoms with Crippen LogP contribution in [0.1, 0.15) is 0 Å². The van der Waals surface area contributed by atoms with Gasteiger partial charge in [-0.2, -0.15) is 4.98 Å². The van der Waals surface area contributed by atoms with Crippen molar-refractivity contribution in [3.05, 3.63) is 72.8 Å². The maximum atomic E-state index is 14.0. The van der Waals surface area contributed by atoms with E-state index in [1.54, 1.807) is 19.2 Å². The molecule has 3 aromatic carbocycles. The number of anilines is 2. The Bertz CT molecular complexity index is 1550. The first kappa shape index (κ1) is 24.2. The number of rotatable bonds is 6. The van der Waals surface area contributed by atoms with E-state index in [0.717, 1.165) is 5.69 Å². The number of nitrogens with zero attached hydrogens (tertiary/aromatic N) is 3. The third-order valence-corrected chi connectivity index (χ3v) is 8.31. The maximum absolute atomic E-state index is 14.0. The lowest BCUT2D eigenvalue weighted by atomic mass is 10.2. The van der Waals surface area contributed by atoms with Crippen molar-refractivity contribution in [2.45, 2.75) is 9.92 Å². The van der Waals surface area contributed by atoms with Gasteiger partial charge in [-0.25, -0.2) is 8.42 Å². The van der Waals surface area contributed by atoms with Crippen LogP contribution in [0.15, 0.2) is 87.1 Å². The minimum atomic E-state index is -4.05. The second-order valence-corrected chi connectivity index (χ2v) is 10.8. The van der Waals surface area contributed by atoms with E-state index in [2.05, 4.69) is 22.0 Å². The Labute approximate surface area is 221 Å². The average Bonchev–Trinajstić information content (AvgIpc) is 3.44. The van der Waals surface area contributed by atoms with Gasteiger partial charge in [-0.15, -0.1) is 0 Å². The van der Waals surface area contributed by atoms with Gasteiger partial charge < -0.3 is 28.4 Å². The minimum absolute atomic E-state index is 0.0661. The highest BCUT2D eigenvalue weighted by atomic mass is 32.2. The lowest BCUT2D eigenvalue weighted by Crippen LogP contribution is -2.46. The van der Waals surface area contributed by atoms with Crippen LogP contribution in [0.5, 0.6) is 17.2 Å². The average molecular weight is 534 g/mol. The predicted molar refractivity (Wildman–Crippen MR) is 142 cm³/mol. The zero-order valence-electron chi connectivity index (χ0n) is 20.9. The molecule has 0 spiro atoms. The van der Waals surface area contributed by atoms with Crippen molar-refractivity contribution in [3.63, 3.8) is 0 Å². The number of sulfone groups is 1. The van der Waals surface area contributed by atoms with Crippen molar-refractivity contribution in [3.8, 4) is 28.7 Å². The molecule has 0 bridgehead atoms. The molecule has 2 aliphatic rings. The van der Waals surface area contributed by atoms with E-state index in [0.29, 0.717) is 62.2 Å². The SMILES string of the molecule is COc1cccc(-c2nc(S(=O)(=O)c3ccc4c(c3)OCCO4)c(N3CCN(c4ccccc4)CC3)o2)c1. The molecule has 1 aromatic heterocycles. The molecule has 10 heteroatoms. The topological polar surface area (TPSA) is 94.3 Å². The molecule has 38 heavy (non-hydrogen) atoms. The van der Waals surface area contributed by atoms with Crippen LogP contribution in [0.25, 0.3) is 11.5 Å². The number of oxazole rings is 1. The fraction of sp³-hybridized carbons (Fsp3) is 0.250. The Balaban J connectivity index is 1.38. The molecule has 1 saturated heterocycles. The largest absolute Gasteiger partial charge is 0.497 e. The van der Waals surface area contributed by atoms with Gasteiger partial charge in [0.25, 0.3) is 0 Å². The summed E-state index contributed by atoms with van der Waals surface area (Å²) in [6.07, 6.45) is 0. The molecule has 0 aliphatic carbocycles. The van der Waals surface area contributed by atoms with Gasteiger partial charge in [-0.05, 0) is 42.5 Å². The fourth-order valence-corrected chi connectivity index (χ4v) is 6.00. The number of benzene rings is 3. The van der Waals surface area contributed by atoms with Gasteiger partial charge >= 0.3 is 0 Å². The zero-order chi connectivity index (χ0) is 26.1. The number of methoxy groups -OCH3 is 1. The third-order valence-electron chi connectivity index (χ3n) is 6.66. The van der Waals surface area contributed by atoms with Gasteiger partial charge in [0.1, 0.15) is 19.0 Å². The van der Waals surface area contributed by atoms with Crippen molar-refractivity contribution >= 4 is 21.4 Å². The predicted octanol–water partition coefficient (Wildman–Crippen LogP) is 4.28. The Morgan fingerprint density at radius 2 is 1.55 bits per heavy atom. The summed E-state index contributed by atoms with van der Waals surface area (Å²) in [6.45, 7) is 3.35. The standard InChI is InChI=1S/C28H27N3O6S/c1-34-22-9-5-6-20(18-22)26-29-27(38(32,33)23-10-11-24-25(19-23)36-17-16-35-24)28(37-26)31-14-12-30(13-15-31)21-7-3-2-4-8-21/h2-11,18-19H,12-17H2,1H3. The number of hydrogen-bond acceptors (Lipinski definition) is 9. The van der Waals surface area contributed by atoms with Crippen molar-refractivity contribution < 1.29 is 27.0 Å². The van der Waals surface area contributed by atoms with Crippen molar-refractivity contribution in [1.82, 2.24) is 4.98 Å². The maximum Gasteiger partial charge on any atom is 0.236 e. The van der Waals surface area contributed by atoms with E-state index < -0.39 is 9.84 Å². The van der Waals surface area contributed by atoms with Crippen LogP contribution in [0, 0.1) is 0 Å². The van der Waals surface area contributed by atoms with Crippen LogP contribution in [0.2, 0.25) is 0 Å². The Morgan fingerprint density at radius 1 is 0.816 bits per heavy atom. The lowest BCUT2D eigenvalue weighted by molar-refractivity contribution is 0.171. The molecule has 0 saturated carbocycles. The Kier molecular flexibility index (Phi) is 6.32. The number of piperazine rings is 1. The summed E-state index contributed by atoms with van der Waals surface area (Å²) in [5.74, 6) is 1.97. The number of ether oxygens (including phenoxy) is 3. The smallest absolute Gasteiger partial charge is 0.236 e. The van der Waals surface area contributed by atoms with Crippen LogP contribution in [0.4, 0.5) is 11.6 Å². The van der Waals surface area contributed by atoms with E-state index in [1.807, 2.05) is 41.3 Å². The fourth-order valence-electron chi connectivity index (χ4n) is 4.66. The van der Waals surface area contributed by atoms with Gasteiger partial charge in [0.15, 0.2) is 11.5 Å². The monoisotopic (exact) mass is 533 g/mol. The molecular formula is C28H27N3O6S. The Hall–Kier alpha value is -4.18. The lowest BCUT2D eigenvalue weighted by Gasteiger charge is -2.36. The second kappa shape index (κ2) is 9.94. The van der Waals surface area contributed by atoms with E-state index in [-0.39, 0.29) is 21.7 Å². The number of aromatic nitrogens is 1. The van der Waals surface area contributed by atoms with Gasteiger partial charge in [0.2, 0.25) is 26.6 Å². The van der Waals surface area contributed by atoms with Gasteiger partial charge in [-0.1, -0.05) is 24.3 Å². The summed E-state index contributed by atoms with van der Waals surface area (Å²) in [4.78, 5) is 8.81. The van der Waals surface area contributed by atoms with E-state index in [4.69, 9.17) is 18.6 Å². The minimum Gasteiger partial charge on any atom is -0.497 e. The van der Waals surface area contributed by atoms with Gasteiger partial charge in [0, 0.05) is 43.5 Å². The van der Waals surface area contributed by atoms with Crippen LogP contribution in [0.3, 0.4) is 0 Å². The van der Waals surface area contributed by atoms with Crippen molar-refractivity contribution in [2.24, 2.45) is 0 Å². The normalized spacial score (nSPS) is 15.4. The summed E-state index contributed by atoms with van der Waals surface area (Å²) < 4.78 is 50.7. The summed E-state index contributed by atoms with van der Waals surface area (Å²) in [5, 5.41) is -0.125. The molecule has 196 valence electrons. The highest BCUT2D eigenvalue weighted by molar-refractivity contribution is 7.91.